The van der Waals surface area contributed by atoms with Crippen molar-refractivity contribution in [2.24, 2.45) is 0 Å². The summed E-state index contributed by atoms with van der Waals surface area (Å²) in [6, 6.07) is 0. The molecule has 97 heavy (non-hydrogen) atoms. The van der Waals surface area contributed by atoms with E-state index in [4.69, 9.17) is 18.5 Å². The van der Waals surface area contributed by atoms with E-state index in [1.54, 1.807) is 0 Å². The number of hydrogen-bond acceptors (Lipinski definition) is 8. The molecule has 0 saturated heterocycles. The highest BCUT2D eigenvalue weighted by Crippen LogP contribution is 2.38. The fraction of sp³-hybridized carbons (Fsp3) is 0.747. The third-order valence-corrected chi connectivity index (χ3v) is 18.7. The van der Waals surface area contributed by atoms with E-state index in [1.165, 1.54) is 225 Å². The summed E-state index contributed by atoms with van der Waals surface area (Å²) in [6.45, 7) is 4.16. The molecule has 0 spiro atoms. The molecule has 0 saturated carbocycles. The van der Waals surface area contributed by atoms with Gasteiger partial charge in [0.25, 0.3) is 7.82 Å². The van der Waals surface area contributed by atoms with Crippen molar-refractivity contribution in [1.82, 2.24) is 0 Å². The Balaban J connectivity index is 4.01. The minimum atomic E-state index is -4.65. The molecule has 2 atom stereocenters. The molecule has 9 nitrogen and oxygen atoms in total. The monoisotopic (exact) mass is 1370 g/mol. The number of carbonyl (C=O) groups excluding carboxylic acids is 2. The van der Waals surface area contributed by atoms with Crippen LogP contribution in [0.2, 0.25) is 0 Å². The van der Waals surface area contributed by atoms with Gasteiger partial charge in [0, 0.05) is 12.8 Å². The molecule has 0 amide bonds. The van der Waals surface area contributed by atoms with Crippen molar-refractivity contribution in [2.45, 2.75) is 373 Å². The molecular formula is C87H154NO8P. The van der Waals surface area contributed by atoms with Crippen LogP contribution in [0.15, 0.2) is 122 Å². The Bertz CT molecular complexity index is 2060. The van der Waals surface area contributed by atoms with Crippen molar-refractivity contribution in [3.63, 3.8) is 0 Å². The number of nitrogens with zero attached hydrogens (tertiary/aromatic N) is 1. The largest absolute Gasteiger partial charge is 0.756 e. The summed E-state index contributed by atoms with van der Waals surface area (Å²) in [5.41, 5.74) is 0. The van der Waals surface area contributed by atoms with Gasteiger partial charge in [0.15, 0.2) is 6.10 Å². The van der Waals surface area contributed by atoms with Crippen molar-refractivity contribution in [3.05, 3.63) is 122 Å². The lowest BCUT2D eigenvalue weighted by Crippen LogP contribution is -2.37. The smallest absolute Gasteiger partial charge is 0.306 e. The Morgan fingerprint density at radius 1 is 0.330 bits per heavy atom. The third-order valence-electron chi connectivity index (χ3n) is 17.7. The van der Waals surface area contributed by atoms with Crippen molar-refractivity contribution in [3.8, 4) is 0 Å². The summed E-state index contributed by atoms with van der Waals surface area (Å²) in [7, 11) is 1.16. The number of carbonyl (C=O) groups is 2. The zero-order chi connectivity index (χ0) is 70.4. The van der Waals surface area contributed by atoms with Gasteiger partial charge in [-0.1, -0.05) is 386 Å². The highest BCUT2D eigenvalue weighted by atomic mass is 31.2. The lowest BCUT2D eigenvalue weighted by molar-refractivity contribution is -0.870. The quantitative estimate of drug-likeness (QED) is 0.0195. The molecule has 0 radical (unpaired) electrons. The van der Waals surface area contributed by atoms with Crippen LogP contribution in [0.5, 0.6) is 0 Å². The maximum Gasteiger partial charge on any atom is 0.306 e. The van der Waals surface area contributed by atoms with E-state index in [0.29, 0.717) is 17.4 Å². The van der Waals surface area contributed by atoms with Crippen molar-refractivity contribution in [2.75, 3.05) is 47.5 Å². The van der Waals surface area contributed by atoms with Gasteiger partial charge >= 0.3 is 11.9 Å². The second-order valence-corrected chi connectivity index (χ2v) is 29.8. The Labute approximate surface area is 600 Å². The molecule has 2 unspecified atom stereocenters. The highest BCUT2D eigenvalue weighted by Gasteiger charge is 2.22. The molecule has 0 heterocycles. The van der Waals surface area contributed by atoms with Crippen LogP contribution in [0.25, 0.3) is 0 Å². The van der Waals surface area contributed by atoms with E-state index in [-0.39, 0.29) is 32.0 Å². The topological polar surface area (TPSA) is 111 Å². The van der Waals surface area contributed by atoms with Gasteiger partial charge in [-0.15, -0.1) is 0 Å². The van der Waals surface area contributed by atoms with Crippen LogP contribution in [-0.2, 0) is 32.7 Å². The maximum atomic E-state index is 12.9. The van der Waals surface area contributed by atoms with Crippen LogP contribution in [0.1, 0.15) is 367 Å². The van der Waals surface area contributed by atoms with Crippen molar-refractivity contribution < 1.29 is 42.1 Å². The SMILES string of the molecule is CC/C=C\C/C=C\C/C=C\C/C=C\C/C=C\C/C=C\C/C=C\C/C=C\C/C=C\C/C=C\CCCCCCCCCCC(=O)OC(COC(=O)CCCCCCCCCCCCCCCCCCCCCCCCCCCCCCCCCCCC)COP(=O)([O-])OCC[N+](C)(C)C. The number of likely N-dealkylation sites (N-methyl/N-ethyl adjacent to an activating group) is 1. The minimum Gasteiger partial charge on any atom is -0.756 e. The number of ether oxygens (including phenoxy) is 2. The number of esters is 2. The Morgan fingerprint density at radius 2 is 0.588 bits per heavy atom. The molecule has 0 N–H and O–H groups in total. The van der Waals surface area contributed by atoms with E-state index in [2.05, 4.69) is 135 Å². The van der Waals surface area contributed by atoms with Crippen molar-refractivity contribution >= 4 is 19.8 Å². The second-order valence-electron chi connectivity index (χ2n) is 28.4. The van der Waals surface area contributed by atoms with E-state index in [9.17, 15) is 19.0 Å². The second kappa shape index (κ2) is 76.6. The summed E-state index contributed by atoms with van der Waals surface area (Å²) >= 11 is 0. The molecule has 10 heteroatoms. The van der Waals surface area contributed by atoms with Gasteiger partial charge in [-0.2, -0.15) is 0 Å². The average molecular weight is 1370 g/mol. The van der Waals surface area contributed by atoms with Crippen LogP contribution in [0.3, 0.4) is 0 Å². The summed E-state index contributed by atoms with van der Waals surface area (Å²) in [4.78, 5) is 38.2. The minimum absolute atomic E-state index is 0.0361. The zero-order valence-corrected chi connectivity index (χ0v) is 64.9. The first-order valence-corrected chi connectivity index (χ1v) is 42.2. The lowest BCUT2D eigenvalue weighted by Gasteiger charge is -2.28. The number of hydrogen-bond donors (Lipinski definition) is 0. The third kappa shape index (κ3) is 81.3. The van der Waals surface area contributed by atoms with Crippen LogP contribution < -0.4 is 4.89 Å². The molecular weight excluding hydrogens is 1220 g/mol. The molecule has 0 fully saturated rings. The summed E-state index contributed by atoms with van der Waals surface area (Å²) in [5, 5.41) is 0. The molecule has 560 valence electrons. The fourth-order valence-corrected chi connectivity index (χ4v) is 12.3. The normalized spacial score (nSPS) is 13.7. The lowest BCUT2D eigenvalue weighted by atomic mass is 10.0. The van der Waals surface area contributed by atoms with Gasteiger partial charge in [-0.3, -0.25) is 14.2 Å². The molecule has 0 bridgehead atoms. The number of phosphoric acid groups is 1. The van der Waals surface area contributed by atoms with Crippen LogP contribution in [0, 0.1) is 0 Å². The number of quaternary nitrogens is 1. The Morgan fingerprint density at radius 3 is 0.876 bits per heavy atom. The van der Waals surface area contributed by atoms with Gasteiger partial charge in [0.1, 0.15) is 19.8 Å². The van der Waals surface area contributed by atoms with Crippen LogP contribution >= 0.6 is 7.82 Å². The Hall–Kier alpha value is -3.59. The maximum absolute atomic E-state index is 12.9. The molecule has 0 rings (SSSR count). The first-order valence-electron chi connectivity index (χ1n) is 40.7. The molecule has 0 aliphatic heterocycles. The first kappa shape index (κ1) is 93.4. The van der Waals surface area contributed by atoms with E-state index < -0.39 is 26.5 Å². The van der Waals surface area contributed by atoms with Gasteiger partial charge in [0.05, 0.1) is 27.7 Å². The Kier molecular flexibility index (Phi) is 73.8. The predicted octanol–water partition coefficient (Wildman–Crippen LogP) is 26.7. The number of rotatable bonds is 75. The van der Waals surface area contributed by atoms with E-state index >= 15 is 0 Å². The van der Waals surface area contributed by atoms with Crippen LogP contribution in [-0.4, -0.2) is 70.0 Å². The molecule has 0 aliphatic rings. The van der Waals surface area contributed by atoms with E-state index in [1.807, 2.05) is 21.1 Å². The van der Waals surface area contributed by atoms with Gasteiger partial charge in [0.2, 0.25) is 0 Å². The molecule has 0 aromatic heterocycles. The van der Waals surface area contributed by atoms with Crippen molar-refractivity contribution in [1.29, 1.82) is 0 Å². The first-order chi connectivity index (χ1) is 47.5. The molecule has 0 aromatic rings. The molecule has 0 aliphatic carbocycles. The number of unbranched alkanes of at least 4 members (excludes halogenated alkanes) is 41. The van der Waals surface area contributed by atoms with Gasteiger partial charge < -0.3 is 27.9 Å². The number of allylic oxidation sites excluding steroid dienone is 20. The summed E-state index contributed by atoms with van der Waals surface area (Å²) in [6.07, 6.45) is 110. The van der Waals surface area contributed by atoms with Gasteiger partial charge in [-0.25, -0.2) is 0 Å². The van der Waals surface area contributed by atoms with Crippen LogP contribution in [0.4, 0.5) is 0 Å². The summed E-state index contributed by atoms with van der Waals surface area (Å²) in [5.74, 6) is -0.834. The highest BCUT2D eigenvalue weighted by molar-refractivity contribution is 7.45. The zero-order valence-electron chi connectivity index (χ0n) is 64.0. The molecule has 0 aromatic carbocycles. The van der Waals surface area contributed by atoms with E-state index in [0.717, 1.165) is 109 Å². The fourth-order valence-electron chi connectivity index (χ4n) is 11.6. The standard InChI is InChI=1S/C87H154NO8P/c1-6-8-10-12-14-16-18-20-22-24-26-28-30-32-34-36-38-40-42-43-44-45-46-48-50-52-54-56-58-60-62-64-66-68-70-72-74-76-78-80-87(90)96-85(84-95-97(91,92)94-82-81-88(3,4)5)83-93-86(89)79-77-75-73-71-69-67-65-63-61-59-57-55-53-51-49-47-41-39-37-35-33-31-29-27-25-23-21-19-17-15-13-11-9-7-2/h8,10,14,16,20,22,26,28,32,34,38,40,43-44,46,48,52,54,58,60,85H,6-7,9,11-13,15,17-19,21,23-25,27,29-31,33,35-37,39,41-42,45,47,49-51,53,55-57,59,61-84H2,1-5H3/b10-8-,16-14-,22-20-,28-26-,34-32-,40-38-,44-43-,48-46-,54-52-,60-58-. The predicted molar refractivity (Wildman–Crippen MR) is 420 cm³/mol. The number of phosphoric ester groups is 1. The average Bonchev–Trinajstić information content (AvgIpc) is 1.69. The van der Waals surface area contributed by atoms with Gasteiger partial charge in [-0.05, 0) is 89.9 Å². The summed E-state index contributed by atoms with van der Waals surface area (Å²) < 4.78 is 34.4.